The summed E-state index contributed by atoms with van der Waals surface area (Å²) in [7, 11) is 0. The van der Waals surface area contributed by atoms with Gasteiger partial charge in [-0.05, 0) is 52.2 Å². The first-order valence-electron chi connectivity index (χ1n) is 8.35. The highest BCUT2D eigenvalue weighted by Crippen LogP contribution is 2.33. The molecule has 2 fully saturated rings. The Labute approximate surface area is 131 Å². The molecular weight excluding hydrogens is 276 g/mol. The molecular formula is C16H24N6. The Bertz CT molecular complexity index is 678. The maximum absolute atomic E-state index is 4.75. The molecule has 0 amide bonds. The van der Waals surface area contributed by atoms with Gasteiger partial charge in [-0.15, -0.1) is 15.3 Å². The van der Waals surface area contributed by atoms with Crippen molar-refractivity contribution in [3.63, 3.8) is 0 Å². The van der Waals surface area contributed by atoms with Gasteiger partial charge in [0.15, 0.2) is 11.5 Å². The van der Waals surface area contributed by atoms with Gasteiger partial charge in [0.25, 0.3) is 0 Å². The number of aromatic nitrogens is 4. The molecule has 6 heteroatoms. The summed E-state index contributed by atoms with van der Waals surface area (Å²) in [5.41, 5.74) is 0.821. The zero-order valence-corrected chi connectivity index (χ0v) is 13.6. The lowest BCUT2D eigenvalue weighted by Crippen LogP contribution is -2.43. The van der Waals surface area contributed by atoms with Crippen LogP contribution in [0.15, 0.2) is 12.1 Å². The Morgan fingerprint density at radius 3 is 2.73 bits per heavy atom. The van der Waals surface area contributed by atoms with E-state index in [1.165, 1.54) is 19.3 Å². The topological polar surface area (TPSA) is 49.6 Å². The Morgan fingerprint density at radius 2 is 1.91 bits per heavy atom. The molecule has 6 nitrogen and oxygen atoms in total. The fourth-order valence-electron chi connectivity index (χ4n) is 4.22. The van der Waals surface area contributed by atoms with Crippen LogP contribution in [0.25, 0.3) is 5.65 Å². The van der Waals surface area contributed by atoms with Crippen LogP contribution >= 0.6 is 0 Å². The van der Waals surface area contributed by atoms with Crippen LogP contribution in [0.3, 0.4) is 0 Å². The first kappa shape index (κ1) is 13.9. The molecule has 0 N–H and O–H groups in total. The van der Waals surface area contributed by atoms with Crippen LogP contribution in [0.1, 0.15) is 38.9 Å². The quantitative estimate of drug-likeness (QED) is 0.847. The molecule has 118 valence electrons. The van der Waals surface area contributed by atoms with E-state index in [4.69, 9.17) is 5.10 Å². The number of aryl methyl sites for hydroxylation is 1. The summed E-state index contributed by atoms with van der Waals surface area (Å²) in [5, 5.41) is 13.0. The van der Waals surface area contributed by atoms with Gasteiger partial charge in [0.2, 0.25) is 0 Å². The second kappa shape index (κ2) is 5.19. The first-order chi connectivity index (χ1) is 10.6. The van der Waals surface area contributed by atoms with Gasteiger partial charge < -0.3 is 4.90 Å². The number of rotatable bonds is 2. The maximum atomic E-state index is 4.75. The molecule has 4 rings (SSSR count). The Morgan fingerprint density at radius 1 is 1.09 bits per heavy atom. The zero-order valence-electron chi connectivity index (χ0n) is 13.6. The molecule has 2 bridgehead atoms. The Hall–Kier alpha value is -1.69. The lowest BCUT2D eigenvalue weighted by atomic mass is 10.1. The predicted octanol–water partition coefficient (Wildman–Crippen LogP) is 1.88. The lowest BCUT2D eigenvalue weighted by molar-refractivity contribution is 0.158. The van der Waals surface area contributed by atoms with Crippen LogP contribution in [0, 0.1) is 6.92 Å². The first-order valence-corrected chi connectivity index (χ1v) is 8.35. The minimum Gasteiger partial charge on any atom is -0.354 e. The second-order valence-corrected chi connectivity index (χ2v) is 6.87. The Kier molecular flexibility index (Phi) is 3.29. The SMILES string of the molecule is Cc1nnc2ccc(N3CC[C@H]4CC[C@@H](C3)N4C(C)C)nn12. The third-order valence-corrected chi connectivity index (χ3v) is 5.16. The molecule has 22 heavy (non-hydrogen) atoms. The van der Waals surface area contributed by atoms with E-state index in [-0.39, 0.29) is 0 Å². The molecule has 2 saturated heterocycles. The van der Waals surface area contributed by atoms with E-state index in [0.717, 1.165) is 36.4 Å². The van der Waals surface area contributed by atoms with Crippen LogP contribution in [0.4, 0.5) is 5.82 Å². The van der Waals surface area contributed by atoms with E-state index < -0.39 is 0 Å². The van der Waals surface area contributed by atoms with Crippen molar-refractivity contribution in [3.8, 4) is 0 Å². The van der Waals surface area contributed by atoms with Crippen molar-refractivity contribution in [2.24, 2.45) is 0 Å². The van der Waals surface area contributed by atoms with Crippen molar-refractivity contribution in [1.29, 1.82) is 0 Å². The van der Waals surface area contributed by atoms with Gasteiger partial charge in [0.1, 0.15) is 5.82 Å². The Balaban J connectivity index is 1.63. The summed E-state index contributed by atoms with van der Waals surface area (Å²) in [6, 6.07) is 6.14. The number of fused-ring (bicyclic) bond motifs is 3. The molecule has 2 aliphatic heterocycles. The molecule has 2 atom stereocenters. The summed E-state index contributed by atoms with van der Waals surface area (Å²) in [6.45, 7) is 8.76. The van der Waals surface area contributed by atoms with Crippen LogP contribution in [0.5, 0.6) is 0 Å². The van der Waals surface area contributed by atoms with Gasteiger partial charge >= 0.3 is 0 Å². The summed E-state index contributed by atoms with van der Waals surface area (Å²) < 4.78 is 1.85. The van der Waals surface area contributed by atoms with Gasteiger partial charge in [-0.2, -0.15) is 4.52 Å². The van der Waals surface area contributed by atoms with Crippen LogP contribution in [0.2, 0.25) is 0 Å². The second-order valence-electron chi connectivity index (χ2n) is 6.87. The molecule has 0 aliphatic carbocycles. The van der Waals surface area contributed by atoms with Crippen molar-refractivity contribution in [2.75, 3.05) is 18.0 Å². The summed E-state index contributed by atoms with van der Waals surface area (Å²) >= 11 is 0. The van der Waals surface area contributed by atoms with E-state index in [1.54, 1.807) is 0 Å². The molecule has 2 aromatic rings. The molecule has 0 radical (unpaired) electrons. The van der Waals surface area contributed by atoms with Crippen molar-refractivity contribution in [3.05, 3.63) is 18.0 Å². The van der Waals surface area contributed by atoms with Crippen molar-refractivity contribution >= 4 is 11.5 Å². The van der Waals surface area contributed by atoms with E-state index in [0.29, 0.717) is 12.1 Å². The minimum atomic E-state index is 0.632. The van der Waals surface area contributed by atoms with Crippen molar-refractivity contribution in [2.45, 2.75) is 58.2 Å². The minimum absolute atomic E-state index is 0.632. The number of hydrogen-bond donors (Lipinski definition) is 0. The van der Waals surface area contributed by atoms with E-state index in [1.807, 2.05) is 17.5 Å². The van der Waals surface area contributed by atoms with Gasteiger partial charge in [-0.1, -0.05) is 0 Å². The smallest absolute Gasteiger partial charge is 0.178 e. The standard InChI is InChI=1S/C16H24N6/c1-11(2)21-13-4-5-14(21)10-20(9-8-13)16-7-6-15-18-17-12(3)22(15)19-16/h6-7,11,13-14H,4-5,8-10H2,1-3H3/t13-,14+/m1/s1. The zero-order chi connectivity index (χ0) is 15.3. The maximum Gasteiger partial charge on any atom is 0.178 e. The van der Waals surface area contributed by atoms with Gasteiger partial charge in [-0.3, -0.25) is 4.90 Å². The fraction of sp³-hybridized carbons (Fsp3) is 0.688. The molecule has 2 aromatic heterocycles. The monoisotopic (exact) mass is 300 g/mol. The number of nitrogens with zero attached hydrogens (tertiary/aromatic N) is 6. The van der Waals surface area contributed by atoms with E-state index >= 15 is 0 Å². The van der Waals surface area contributed by atoms with E-state index in [2.05, 4.69) is 39.9 Å². The van der Waals surface area contributed by atoms with Crippen LogP contribution in [-0.4, -0.2) is 55.9 Å². The summed E-state index contributed by atoms with van der Waals surface area (Å²) in [6.07, 6.45) is 3.90. The van der Waals surface area contributed by atoms with Crippen LogP contribution in [-0.2, 0) is 0 Å². The van der Waals surface area contributed by atoms with E-state index in [9.17, 15) is 0 Å². The van der Waals surface area contributed by atoms with Gasteiger partial charge in [-0.25, -0.2) is 0 Å². The highest BCUT2D eigenvalue weighted by atomic mass is 15.4. The average molecular weight is 300 g/mol. The molecule has 0 unspecified atom stereocenters. The highest BCUT2D eigenvalue weighted by Gasteiger charge is 2.38. The van der Waals surface area contributed by atoms with Crippen molar-refractivity contribution in [1.82, 2.24) is 24.7 Å². The number of anilines is 1. The average Bonchev–Trinajstić information content (AvgIpc) is 2.99. The normalized spacial score (nSPS) is 26.1. The van der Waals surface area contributed by atoms with Crippen LogP contribution < -0.4 is 4.90 Å². The third kappa shape index (κ3) is 2.17. The molecule has 0 spiro atoms. The van der Waals surface area contributed by atoms with Gasteiger partial charge in [0.05, 0.1) is 0 Å². The highest BCUT2D eigenvalue weighted by molar-refractivity contribution is 5.46. The molecule has 2 aliphatic rings. The summed E-state index contributed by atoms with van der Waals surface area (Å²) in [5.74, 6) is 1.89. The lowest BCUT2D eigenvalue weighted by Gasteiger charge is -2.32. The van der Waals surface area contributed by atoms with Crippen molar-refractivity contribution < 1.29 is 0 Å². The van der Waals surface area contributed by atoms with Gasteiger partial charge in [0, 0.05) is 31.2 Å². The third-order valence-electron chi connectivity index (χ3n) is 5.16. The largest absolute Gasteiger partial charge is 0.354 e. The number of hydrogen-bond acceptors (Lipinski definition) is 5. The summed E-state index contributed by atoms with van der Waals surface area (Å²) in [4.78, 5) is 5.17. The molecule has 0 aromatic carbocycles. The fourth-order valence-corrected chi connectivity index (χ4v) is 4.22. The predicted molar refractivity (Wildman–Crippen MR) is 86.1 cm³/mol. The molecule has 0 saturated carbocycles. The molecule has 4 heterocycles.